The molecule has 0 N–H and O–H groups in total. The SMILES string of the molecule is COc1cc(C)ccc1CN1C[C@H]2CC[C@@H]1CN(C(C)=O)C2. The van der Waals surface area contributed by atoms with E-state index in [2.05, 4.69) is 30.0 Å². The van der Waals surface area contributed by atoms with Crippen LogP contribution in [-0.2, 0) is 11.3 Å². The van der Waals surface area contributed by atoms with E-state index in [1.807, 2.05) is 4.90 Å². The summed E-state index contributed by atoms with van der Waals surface area (Å²) in [6.07, 6.45) is 2.44. The van der Waals surface area contributed by atoms with Gasteiger partial charge in [0.25, 0.3) is 0 Å². The number of methoxy groups -OCH3 is 1. The van der Waals surface area contributed by atoms with Gasteiger partial charge in [-0.15, -0.1) is 0 Å². The van der Waals surface area contributed by atoms with Crippen LogP contribution in [0.2, 0.25) is 0 Å². The number of ether oxygens (including phenoxy) is 1. The van der Waals surface area contributed by atoms with Crippen LogP contribution in [0, 0.1) is 12.8 Å². The second-order valence-corrected chi connectivity index (χ2v) is 6.77. The zero-order valence-corrected chi connectivity index (χ0v) is 13.8. The Balaban J connectivity index is 1.77. The van der Waals surface area contributed by atoms with E-state index in [4.69, 9.17) is 4.74 Å². The van der Waals surface area contributed by atoms with Crippen molar-refractivity contribution in [1.82, 2.24) is 9.80 Å². The van der Waals surface area contributed by atoms with Gasteiger partial charge in [-0.1, -0.05) is 12.1 Å². The molecular weight excluding hydrogens is 276 g/mol. The summed E-state index contributed by atoms with van der Waals surface area (Å²) in [6, 6.07) is 6.91. The fraction of sp³-hybridized carbons (Fsp3) is 0.611. The predicted octanol–water partition coefficient (Wildman–Crippen LogP) is 2.45. The first-order valence-corrected chi connectivity index (χ1v) is 8.20. The smallest absolute Gasteiger partial charge is 0.219 e. The zero-order valence-electron chi connectivity index (χ0n) is 13.8. The van der Waals surface area contributed by atoms with Crippen molar-refractivity contribution in [2.75, 3.05) is 26.7 Å². The highest BCUT2D eigenvalue weighted by Gasteiger charge is 2.35. The number of hydrogen-bond donors (Lipinski definition) is 0. The predicted molar refractivity (Wildman–Crippen MR) is 86.9 cm³/mol. The van der Waals surface area contributed by atoms with Gasteiger partial charge in [-0.05, 0) is 37.3 Å². The third-order valence-corrected chi connectivity index (χ3v) is 5.09. The van der Waals surface area contributed by atoms with Gasteiger partial charge in [-0.25, -0.2) is 0 Å². The van der Waals surface area contributed by atoms with Crippen molar-refractivity contribution in [3.63, 3.8) is 0 Å². The van der Waals surface area contributed by atoms with Gasteiger partial charge >= 0.3 is 0 Å². The molecule has 0 saturated carbocycles. The van der Waals surface area contributed by atoms with E-state index in [1.165, 1.54) is 24.0 Å². The van der Waals surface area contributed by atoms with Gasteiger partial charge < -0.3 is 9.64 Å². The average molecular weight is 302 g/mol. The molecule has 1 aromatic carbocycles. The Morgan fingerprint density at radius 3 is 2.82 bits per heavy atom. The molecule has 0 aromatic heterocycles. The molecule has 3 aliphatic rings. The molecule has 3 fully saturated rings. The van der Waals surface area contributed by atoms with Crippen LogP contribution in [0.15, 0.2) is 18.2 Å². The third-order valence-electron chi connectivity index (χ3n) is 5.09. The van der Waals surface area contributed by atoms with E-state index in [0.29, 0.717) is 12.0 Å². The number of aryl methyl sites for hydroxylation is 1. The van der Waals surface area contributed by atoms with Crippen molar-refractivity contribution >= 4 is 5.91 Å². The Labute approximate surface area is 133 Å². The number of carbonyl (C=O) groups is 1. The van der Waals surface area contributed by atoms with Crippen LogP contribution < -0.4 is 4.74 Å². The zero-order chi connectivity index (χ0) is 15.7. The standard InChI is InChI=1S/C18H26N2O2/c1-13-4-6-16(18(8-13)22-3)11-20-10-15-5-7-17(20)12-19(9-15)14(2)21/h4,6,8,15,17H,5,7,9-12H2,1-3H3/t15-,17+/m0/s1. The largest absolute Gasteiger partial charge is 0.496 e. The summed E-state index contributed by atoms with van der Waals surface area (Å²) < 4.78 is 5.55. The highest BCUT2D eigenvalue weighted by molar-refractivity contribution is 5.73. The Kier molecular flexibility index (Phi) is 4.39. The molecule has 3 heterocycles. The maximum Gasteiger partial charge on any atom is 0.219 e. The number of piperidine rings is 1. The lowest BCUT2D eigenvalue weighted by Gasteiger charge is -2.36. The van der Waals surface area contributed by atoms with Crippen molar-refractivity contribution in [1.29, 1.82) is 0 Å². The molecule has 0 spiro atoms. The Bertz CT molecular complexity index is 558. The monoisotopic (exact) mass is 302 g/mol. The van der Waals surface area contributed by atoms with Gasteiger partial charge in [0.15, 0.2) is 0 Å². The van der Waals surface area contributed by atoms with Crippen molar-refractivity contribution < 1.29 is 9.53 Å². The number of amides is 1. The van der Waals surface area contributed by atoms with Gasteiger partial charge in [0, 0.05) is 44.7 Å². The van der Waals surface area contributed by atoms with E-state index in [0.717, 1.165) is 31.9 Å². The maximum atomic E-state index is 11.8. The lowest BCUT2D eigenvalue weighted by molar-refractivity contribution is -0.129. The summed E-state index contributed by atoms with van der Waals surface area (Å²) in [5.41, 5.74) is 2.47. The minimum Gasteiger partial charge on any atom is -0.496 e. The molecule has 2 atom stereocenters. The highest BCUT2D eigenvalue weighted by Crippen LogP contribution is 2.31. The molecule has 1 aromatic rings. The van der Waals surface area contributed by atoms with E-state index in [1.54, 1.807) is 14.0 Å². The first-order valence-electron chi connectivity index (χ1n) is 8.20. The minimum absolute atomic E-state index is 0.215. The summed E-state index contributed by atoms with van der Waals surface area (Å²) in [6.45, 7) is 7.58. The Hall–Kier alpha value is -1.55. The highest BCUT2D eigenvalue weighted by atomic mass is 16.5. The minimum atomic E-state index is 0.215. The quantitative estimate of drug-likeness (QED) is 0.860. The van der Waals surface area contributed by atoms with E-state index in [-0.39, 0.29) is 5.91 Å². The molecule has 120 valence electrons. The third kappa shape index (κ3) is 3.12. The molecule has 2 bridgehead atoms. The number of rotatable bonds is 3. The number of fused-ring (bicyclic) bond motifs is 4. The van der Waals surface area contributed by atoms with E-state index < -0.39 is 0 Å². The van der Waals surface area contributed by atoms with Crippen LogP contribution >= 0.6 is 0 Å². The fourth-order valence-electron chi connectivity index (χ4n) is 3.83. The van der Waals surface area contributed by atoms with Gasteiger partial charge in [-0.3, -0.25) is 9.69 Å². The van der Waals surface area contributed by atoms with Crippen LogP contribution in [-0.4, -0.2) is 48.5 Å². The van der Waals surface area contributed by atoms with Crippen molar-refractivity contribution in [3.8, 4) is 5.75 Å². The number of nitrogens with zero attached hydrogens (tertiary/aromatic N) is 2. The molecular formula is C18H26N2O2. The number of benzene rings is 1. The molecule has 0 radical (unpaired) electrons. The average Bonchev–Trinajstić information content (AvgIpc) is 2.81. The Morgan fingerprint density at radius 1 is 1.27 bits per heavy atom. The molecule has 3 saturated heterocycles. The lowest BCUT2D eigenvalue weighted by atomic mass is 9.94. The molecule has 0 unspecified atom stereocenters. The number of hydrogen-bond acceptors (Lipinski definition) is 3. The lowest BCUT2D eigenvalue weighted by Crippen LogP contribution is -2.43. The molecule has 0 aliphatic carbocycles. The maximum absolute atomic E-state index is 11.8. The van der Waals surface area contributed by atoms with Gasteiger partial charge in [-0.2, -0.15) is 0 Å². The fourth-order valence-corrected chi connectivity index (χ4v) is 3.83. The first kappa shape index (κ1) is 15.3. The van der Waals surface area contributed by atoms with Crippen LogP contribution in [0.3, 0.4) is 0 Å². The van der Waals surface area contributed by atoms with Crippen LogP contribution in [0.4, 0.5) is 0 Å². The molecule has 4 rings (SSSR count). The summed E-state index contributed by atoms with van der Waals surface area (Å²) in [5.74, 6) is 1.80. The summed E-state index contributed by atoms with van der Waals surface area (Å²) >= 11 is 0. The van der Waals surface area contributed by atoms with Gasteiger partial charge in [0.2, 0.25) is 5.91 Å². The van der Waals surface area contributed by atoms with E-state index >= 15 is 0 Å². The van der Waals surface area contributed by atoms with Gasteiger partial charge in [0.1, 0.15) is 5.75 Å². The van der Waals surface area contributed by atoms with Crippen LogP contribution in [0.25, 0.3) is 0 Å². The van der Waals surface area contributed by atoms with Crippen LogP contribution in [0.1, 0.15) is 30.9 Å². The topological polar surface area (TPSA) is 32.8 Å². The number of carbonyl (C=O) groups excluding carboxylic acids is 1. The molecule has 3 aliphatic heterocycles. The Morgan fingerprint density at radius 2 is 2.09 bits per heavy atom. The molecule has 1 amide bonds. The van der Waals surface area contributed by atoms with Crippen molar-refractivity contribution in [3.05, 3.63) is 29.3 Å². The van der Waals surface area contributed by atoms with E-state index in [9.17, 15) is 4.79 Å². The second-order valence-electron chi connectivity index (χ2n) is 6.77. The van der Waals surface area contributed by atoms with Crippen LogP contribution in [0.5, 0.6) is 5.75 Å². The molecule has 22 heavy (non-hydrogen) atoms. The summed E-state index contributed by atoms with van der Waals surface area (Å²) in [5, 5.41) is 0. The first-order chi connectivity index (χ1) is 10.6. The van der Waals surface area contributed by atoms with Gasteiger partial charge in [0.05, 0.1) is 7.11 Å². The summed E-state index contributed by atoms with van der Waals surface area (Å²) in [7, 11) is 1.74. The molecule has 4 nitrogen and oxygen atoms in total. The summed E-state index contributed by atoms with van der Waals surface area (Å²) in [4.78, 5) is 16.3. The van der Waals surface area contributed by atoms with Crippen molar-refractivity contribution in [2.45, 2.75) is 39.3 Å². The normalized spacial score (nSPS) is 25.1. The second kappa shape index (κ2) is 6.29. The molecule has 4 heteroatoms. The van der Waals surface area contributed by atoms with Crippen molar-refractivity contribution in [2.24, 2.45) is 5.92 Å².